The van der Waals surface area contributed by atoms with Crippen molar-refractivity contribution in [3.63, 3.8) is 0 Å². The minimum absolute atomic E-state index is 0.0484. The van der Waals surface area contributed by atoms with Gasteiger partial charge in [0.15, 0.2) is 0 Å². The van der Waals surface area contributed by atoms with E-state index in [1.54, 1.807) is 6.92 Å². The molecule has 1 aromatic carbocycles. The van der Waals surface area contributed by atoms with Crippen LogP contribution in [0.5, 0.6) is 0 Å². The normalized spacial score (nSPS) is 11.6. The summed E-state index contributed by atoms with van der Waals surface area (Å²) in [4.78, 5) is 26.2. The second-order valence-electron chi connectivity index (χ2n) is 6.46. The monoisotopic (exact) mass is 286 g/mol. The van der Waals surface area contributed by atoms with Crippen LogP contribution < -0.4 is 10.9 Å². The molecule has 0 spiro atoms. The van der Waals surface area contributed by atoms with Crippen LogP contribution in [0.2, 0.25) is 0 Å². The first-order chi connectivity index (χ1) is 9.77. The van der Waals surface area contributed by atoms with E-state index in [4.69, 9.17) is 0 Å². The maximum absolute atomic E-state index is 11.8. The molecule has 4 heteroatoms. The van der Waals surface area contributed by atoms with E-state index in [-0.39, 0.29) is 16.9 Å². The van der Waals surface area contributed by atoms with Crippen LogP contribution in [0.3, 0.4) is 0 Å². The number of aromatic amines is 1. The number of amides is 1. The van der Waals surface area contributed by atoms with Gasteiger partial charge in [0, 0.05) is 23.0 Å². The predicted molar refractivity (Wildman–Crippen MR) is 85.5 cm³/mol. The van der Waals surface area contributed by atoms with E-state index < -0.39 is 0 Å². The van der Waals surface area contributed by atoms with E-state index >= 15 is 0 Å². The molecular formula is C17H22N2O2. The van der Waals surface area contributed by atoms with Crippen LogP contribution in [0.15, 0.2) is 29.1 Å². The van der Waals surface area contributed by atoms with Crippen molar-refractivity contribution in [1.29, 1.82) is 0 Å². The van der Waals surface area contributed by atoms with Crippen molar-refractivity contribution in [2.24, 2.45) is 5.41 Å². The number of pyridine rings is 1. The van der Waals surface area contributed by atoms with Gasteiger partial charge in [-0.3, -0.25) is 9.59 Å². The average molecular weight is 286 g/mol. The highest BCUT2D eigenvalue weighted by atomic mass is 16.2. The fourth-order valence-corrected chi connectivity index (χ4v) is 2.11. The van der Waals surface area contributed by atoms with Gasteiger partial charge in [-0.1, -0.05) is 26.8 Å². The molecule has 4 nitrogen and oxygen atoms in total. The highest BCUT2D eigenvalue weighted by Crippen LogP contribution is 2.15. The quantitative estimate of drug-likeness (QED) is 0.911. The minimum Gasteiger partial charge on any atom is -0.355 e. The molecule has 1 heterocycles. The average Bonchev–Trinajstić information content (AvgIpc) is 2.39. The highest BCUT2D eigenvalue weighted by molar-refractivity contribution is 5.81. The summed E-state index contributed by atoms with van der Waals surface area (Å²) in [7, 11) is 0. The van der Waals surface area contributed by atoms with E-state index in [2.05, 4.69) is 16.4 Å². The maximum Gasteiger partial charge on any atom is 0.251 e. The number of rotatable bonds is 3. The summed E-state index contributed by atoms with van der Waals surface area (Å²) in [6, 6.07) is 7.85. The first-order valence-electron chi connectivity index (χ1n) is 7.18. The molecule has 0 aliphatic heterocycles. The van der Waals surface area contributed by atoms with Crippen LogP contribution in [0.4, 0.5) is 0 Å². The van der Waals surface area contributed by atoms with Crippen molar-refractivity contribution in [2.75, 3.05) is 6.54 Å². The Labute approximate surface area is 124 Å². The summed E-state index contributed by atoms with van der Waals surface area (Å²) in [5, 5.41) is 3.96. The molecule has 0 fully saturated rings. The topological polar surface area (TPSA) is 62.0 Å². The molecule has 0 bridgehead atoms. The Kier molecular flexibility index (Phi) is 4.16. The molecule has 1 amide bonds. The minimum atomic E-state index is -0.361. The van der Waals surface area contributed by atoms with Gasteiger partial charge in [0.2, 0.25) is 5.91 Å². The number of carbonyl (C=O) groups excluding carboxylic acids is 1. The van der Waals surface area contributed by atoms with Crippen LogP contribution in [-0.4, -0.2) is 17.4 Å². The molecule has 2 aromatic rings. The van der Waals surface area contributed by atoms with Crippen molar-refractivity contribution in [2.45, 2.75) is 34.1 Å². The second-order valence-corrected chi connectivity index (χ2v) is 6.46. The van der Waals surface area contributed by atoms with Gasteiger partial charge in [-0.25, -0.2) is 0 Å². The third-order valence-electron chi connectivity index (χ3n) is 3.47. The SMILES string of the molecule is Cc1cc2cc(CCNC(=O)C(C)(C)C)ccc2[nH]c1=O. The van der Waals surface area contributed by atoms with E-state index in [1.165, 1.54) is 0 Å². The lowest BCUT2D eigenvalue weighted by Gasteiger charge is -2.17. The fraction of sp³-hybridized carbons (Fsp3) is 0.412. The van der Waals surface area contributed by atoms with Crippen molar-refractivity contribution < 1.29 is 4.79 Å². The number of aromatic nitrogens is 1. The van der Waals surface area contributed by atoms with Crippen molar-refractivity contribution in [3.8, 4) is 0 Å². The number of hydrogen-bond acceptors (Lipinski definition) is 2. The smallest absolute Gasteiger partial charge is 0.251 e. The van der Waals surface area contributed by atoms with Crippen LogP contribution in [-0.2, 0) is 11.2 Å². The zero-order chi connectivity index (χ0) is 15.6. The Balaban J connectivity index is 2.08. The van der Waals surface area contributed by atoms with E-state index in [1.807, 2.05) is 39.0 Å². The molecule has 0 atom stereocenters. The third kappa shape index (κ3) is 3.72. The summed E-state index contributed by atoms with van der Waals surface area (Å²) in [5.41, 5.74) is 2.28. The van der Waals surface area contributed by atoms with Crippen LogP contribution in [0.1, 0.15) is 31.9 Å². The van der Waals surface area contributed by atoms with Gasteiger partial charge in [0.05, 0.1) is 0 Å². The van der Waals surface area contributed by atoms with Crippen molar-refractivity contribution in [3.05, 3.63) is 45.7 Å². The standard InChI is InChI=1S/C17H22N2O2/c1-11-9-13-10-12(5-6-14(13)19-15(11)20)7-8-18-16(21)17(2,3)4/h5-6,9-10H,7-8H2,1-4H3,(H,18,21)(H,19,20). The van der Waals surface area contributed by atoms with Gasteiger partial charge in [-0.2, -0.15) is 0 Å². The molecule has 21 heavy (non-hydrogen) atoms. The van der Waals surface area contributed by atoms with Crippen molar-refractivity contribution in [1.82, 2.24) is 10.3 Å². The first kappa shape index (κ1) is 15.3. The number of benzene rings is 1. The summed E-state index contributed by atoms with van der Waals surface area (Å²) < 4.78 is 0. The zero-order valence-corrected chi connectivity index (χ0v) is 13.0. The number of H-pyrrole nitrogens is 1. The third-order valence-corrected chi connectivity index (χ3v) is 3.47. The number of aryl methyl sites for hydroxylation is 1. The zero-order valence-electron chi connectivity index (χ0n) is 13.0. The highest BCUT2D eigenvalue weighted by Gasteiger charge is 2.20. The molecule has 2 N–H and O–H groups in total. The molecule has 2 rings (SSSR count). The predicted octanol–water partition coefficient (Wildman–Crippen LogP) is 2.54. The van der Waals surface area contributed by atoms with Gasteiger partial charge >= 0.3 is 0 Å². The van der Waals surface area contributed by atoms with Crippen LogP contribution in [0.25, 0.3) is 10.9 Å². The fourth-order valence-electron chi connectivity index (χ4n) is 2.11. The van der Waals surface area contributed by atoms with E-state index in [0.717, 1.165) is 22.9 Å². The Morgan fingerprint density at radius 2 is 1.95 bits per heavy atom. The summed E-state index contributed by atoms with van der Waals surface area (Å²) in [6.07, 6.45) is 0.774. The Morgan fingerprint density at radius 3 is 2.62 bits per heavy atom. The summed E-state index contributed by atoms with van der Waals surface area (Å²) in [6.45, 7) is 8.12. The molecular weight excluding hydrogens is 264 g/mol. The Morgan fingerprint density at radius 1 is 1.24 bits per heavy atom. The maximum atomic E-state index is 11.8. The molecule has 0 saturated heterocycles. The van der Waals surface area contributed by atoms with Gasteiger partial charge in [0.25, 0.3) is 5.56 Å². The molecule has 1 aromatic heterocycles. The Bertz CT molecular complexity index is 724. The second kappa shape index (κ2) is 5.72. The van der Waals surface area contributed by atoms with Gasteiger partial charge < -0.3 is 10.3 Å². The summed E-state index contributed by atoms with van der Waals surface area (Å²) in [5.74, 6) is 0.0588. The number of hydrogen-bond donors (Lipinski definition) is 2. The lowest BCUT2D eigenvalue weighted by Crippen LogP contribution is -2.35. The lowest BCUT2D eigenvalue weighted by molar-refractivity contribution is -0.128. The van der Waals surface area contributed by atoms with Crippen LogP contribution >= 0.6 is 0 Å². The number of fused-ring (bicyclic) bond motifs is 1. The molecule has 0 aliphatic carbocycles. The molecule has 112 valence electrons. The molecule has 0 saturated carbocycles. The first-order valence-corrected chi connectivity index (χ1v) is 7.18. The number of nitrogens with one attached hydrogen (secondary N) is 2. The van der Waals surface area contributed by atoms with E-state index in [9.17, 15) is 9.59 Å². The summed E-state index contributed by atoms with van der Waals surface area (Å²) >= 11 is 0. The van der Waals surface area contributed by atoms with Gasteiger partial charge in [-0.15, -0.1) is 0 Å². The van der Waals surface area contributed by atoms with Crippen LogP contribution in [0, 0.1) is 12.3 Å². The Hall–Kier alpha value is -2.10. The number of carbonyl (C=O) groups is 1. The van der Waals surface area contributed by atoms with E-state index in [0.29, 0.717) is 12.1 Å². The molecule has 0 aliphatic rings. The molecule has 0 unspecified atom stereocenters. The largest absolute Gasteiger partial charge is 0.355 e. The van der Waals surface area contributed by atoms with Crippen molar-refractivity contribution >= 4 is 16.8 Å². The van der Waals surface area contributed by atoms with Gasteiger partial charge in [0.1, 0.15) is 0 Å². The van der Waals surface area contributed by atoms with Gasteiger partial charge in [-0.05, 0) is 42.5 Å². The molecule has 0 radical (unpaired) electrons. The lowest BCUT2D eigenvalue weighted by atomic mass is 9.95.